The van der Waals surface area contributed by atoms with E-state index in [1.807, 2.05) is 16.9 Å². The third-order valence-corrected chi connectivity index (χ3v) is 5.55. The predicted octanol–water partition coefficient (Wildman–Crippen LogP) is 2.93. The number of hydrogen-bond donors (Lipinski definition) is 0. The van der Waals surface area contributed by atoms with Crippen LogP contribution in [0.25, 0.3) is 0 Å². The summed E-state index contributed by atoms with van der Waals surface area (Å²) in [5.41, 5.74) is 1.97. The third kappa shape index (κ3) is 3.84. The SMILES string of the molecule is Fc1cccc(N2CCCC2)c1CN1CCC(Cn2ccnn2)CC1. The van der Waals surface area contributed by atoms with Crippen LogP contribution in [0.15, 0.2) is 30.6 Å². The molecule has 0 amide bonds. The Balaban J connectivity index is 1.38. The van der Waals surface area contributed by atoms with Gasteiger partial charge in [-0.15, -0.1) is 5.10 Å². The van der Waals surface area contributed by atoms with E-state index in [1.165, 1.54) is 12.8 Å². The van der Waals surface area contributed by atoms with E-state index >= 15 is 0 Å². The molecule has 3 heterocycles. The van der Waals surface area contributed by atoms with E-state index in [-0.39, 0.29) is 5.82 Å². The molecular weight excluding hydrogens is 317 g/mol. The van der Waals surface area contributed by atoms with Gasteiger partial charge in [0, 0.05) is 43.6 Å². The second-order valence-corrected chi connectivity index (χ2v) is 7.28. The minimum atomic E-state index is -0.0610. The molecule has 0 atom stereocenters. The average Bonchev–Trinajstić information content (AvgIpc) is 3.32. The Bertz CT molecular complexity index is 673. The van der Waals surface area contributed by atoms with E-state index in [2.05, 4.69) is 26.2 Å². The molecule has 2 fully saturated rings. The number of anilines is 1. The Morgan fingerprint density at radius 2 is 1.88 bits per heavy atom. The molecule has 5 nitrogen and oxygen atoms in total. The molecule has 6 heteroatoms. The minimum Gasteiger partial charge on any atom is -0.371 e. The predicted molar refractivity (Wildman–Crippen MR) is 95.9 cm³/mol. The van der Waals surface area contributed by atoms with Gasteiger partial charge in [-0.25, -0.2) is 4.39 Å². The minimum absolute atomic E-state index is 0.0610. The van der Waals surface area contributed by atoms with Gasteiger partial charge in [-0.1, -0.05) is 11.3 Å². The number of piperidine rings is 1. The van der Waals surface area contributed by atoms with Crippen LogP contribution in [0.4, 0.5) is 10.1 Å². The van der Waals surface area contributed by atoms with Gasteiger partial charge in [0.1, 0.15) is 5.82 Å². The van der Waals surface area contributed by atoms with E-state index < -0.39 is 0 Å². The fourth-order valence-corrected chi connectivity index (χ4v) is 4.10. The van der Waals surface area contributed by atoms with Crippen LogP contribution in [0.5, 0.6) is 0 Å². The third-order valence-electron chi connectivity index (χ3n) is 5.55. The van der Waals surface area contributed by atoms with Gasteiger partial charge in [-0.3, -0.25) is 9.58 Å². The van der Waals surface area contributed by atoms with Crippen molar-refractivity contribution in [2.75, 3.05) is 31.1 Å². The van der Waals surface area contributed by atoms with Gasteiger partial charge in [0.2, 0.25) is 0 Å². The number of aromatic nitrogens is 3. The fourth-order valence-electron chi connectivity index (χ4n) is 4.10. The quantitative estimate of drug-likeness (QED) is 0.836. The summed E-state index contributed by atoms with van der Waals surface area (Å²) in [5.74, 6) is 0.575. The number of likely N-dealkylation sites (tertiary alicyclic amines) is 1. The number of halogens is 1. The first-order chi connectivity index (χ1) is 12.3. The van der Waals surface area contributed by atoms with E-state index in [9.17, 15) is 4.39 Å². The van der Waals surface area contributed by atoms with Gasteiger partial charge in [-0.05, 0) is 56.8 Å². The number of hydrogen-bond acceptors (Lipinski definition) is 4. The van der Waals surface area contributed by atoms with Gasteiger partial charge in [-0.2, -0.15) is 0 Å². The lowest BCUT2D eigenvalue weighted by Gasteiger charge is -2.33. The molecule has 0 N–H and O–H groups in total. The Morgan fingerprint density at radius 3 is 2.60 bits per heavy atom. The maximum atomic E-state index is 14.5. The van der Waals surface area contributed by atoms with E-state index in [1.54, 1.807) is 12.3 Å². The van der Waals surface area contributed by atoms with Gasteiger partial charge >= 0.3 is 0 Å². The van der Waals surface area contributed by atoms with Crippen molar-refractivity contribution in [2.24, 2.45) is 5.92 Å². The molecule has 2 aliphatic heterocycles. The Labute approximate surface area is 148 Å². The van der Waals surface area contributed by atoms with E-state index in [0.717, 1.165) is 56.8 Å². The van der Waals surface area contributed by atoms with Crippen LogP contribution < -0.4 is 4.90 Å². The van der Waals surface area contributed by atoms with Crippen LogP contribution in [0.3, 0.4) is 0 Å². The summed E-state index contributed by atoms with van der Waals surface area (Å²) in [6, 6.07) is 5.53. The standard InChI is InChI=1S/C19H26FN5/c20-18-4-3-5-19(24-9-1-2-10-24)17(18)15-23-11-6-16(7-12-23)14-25-13-8-21-22-25/h3-5,8,13,16H,1-2,6-7,9-12,14-15H2. The summed E-state index contributed by atoms with van der Waals surface area (Å²) in [7, 11) is 0. The molecule has 2 saturated heterocycles. The van der Waals surface area contributed by atoms with Crippen LogP contribution in [-0.2, 0) is 13.1 Å². The maximum Gasteiger partial charge on any atom is 0.129 e. The summed E-state index contributed by atoms with van der Waals surface area (Å²) < 4.78 is 16.4. The summed E-state index contributed by atoms with van der Waals surface area (Å²) in [6.07, 6.45) is 8.34. The molecule has 1 aromatic carbocycles. The van der Waals surface area contributed by atoms with Crippen LogP contribution in [0.2, 0.25) is 0 Å². The maximum absolute atomic E-state index is 14.5. The van der Waals surface area contributed by atoms with Crippen LogP contribution in [-0.4, -0.2) is 46.1 Å². The van der Waals surface area contributed by atoms with E-state index in [4.69, 9.17) is 0 Å². The monoisotopic (exact) mass is 343 g/mol. The fraction of sp³-hybridized carbons (Fsp3) is 0.579. The highest BCUT2D eigenvalue weighted by Gasteiger charge is 2.23. The van der Waals surface area contributed by atoms with Crippen molar-refractivity contribution in [1.82, 2.24) is 19.9 Å². The lowest BCUT2D eigenvalue weighted by atomic mass is 9.96. The molecule has 0 aliphatic carbocycles. The van der Waals surface area contributed by atoms with Crippen LogP contribution in [0, 0.1) is 11.7 Å². The molecule has 2 aliphatic rings. The Hall–Kier alpha value is -1.95. The van der Waals surface area contributed by atoms with Crippen molar-refractivity contribution in [3.8, 4) is 0 Å². The molecule has 0 saturated carbocycles. The number of nitrogens with zero attached hydrogens (tertiary/aromatic N) is 5. The highest BCUT2D eigenvalue weighted by atomic mass is 19.1. The van der Waals surface area contributed by atoms with Crippen molar-refractivity contribution < 1.29 is 4.39 Å². The van der Waals surface area contributed by atoms with Gasteiger partial charge in [0.15, 0.2) is 0 Å². The zero-order valence-corrected chi connectivity index (χ0v) is 14.6. The normalized spacial score (nSPS) is 19.6. The first-order valence-electron chi connectivity index (χ1n) is 9.38. The summed E-state index contributed by atoms with van der Waals surface area (Å²) >= 11 is 0. The first kappa shape index (κ1) is 16.5. The average molecular weight is 343 g/mol. The summed E-state index contributed by atoms with van der Waals surface area (Å²) in [6.45, 7) is 5.80. The molecule has 0 spiro atoms. The molecule has 0 unspecified atom stereocenters. The molecule has 4 rings (SSSR count). The first-order valence-corrected chi connectivity index (χ1v) is 9.38. The van der Waals surface area contributed by atoms with Gasteiger partial charge in [0.25, 0.3) is 0 Å². The zero-order chi connectivity index (χ0) is 17.1. The molecule has 25 heavy (non-hydrogen) atoms. The summed E-state index contributed by atoms with van der Waals surface area (Å²) in [4.78, 5) is 4.74. The smallest absolute Gasteiger partial charge is 0.129 e. The number of rotatable bonds is 5. The molecule has 0 bridgehead atoms. The second kappa shape index (κ2) is 7.52. The topological polar surface area (TPSA) is 37.2 Å². The molecule has 0 radical (unpaired) electrons. The van der Waals surface area contributed by atoms with E-state index in [0.29, 0.717) is 12.5 Å². The number of benzene rings is 1. The summed E-state index contributed by atoms with van der Waals surface area (Å²) in [5, 5.41) is 7.93. The van der Waals surface area contributed by atoms with Crippen molar-refractivity contribution in [2.45, 2.75) is 38.8 Å². The van der Waals surface area contributed by atoms with Crippen molar-refractivity contribution in [3.05, 3.63) is 42.0 Å². The molecule has 1 aromatic heterocycles. The van der Waals surface area contributed by atoms with Gasteiger partial charge < -0.3 is 4.90 Å². The molecule has 134 valence electrons. The van der Waals surface area contributed by atoms with Crippen molar-refractivity contribution in [1.29, 1.82) is 0 Å². The highest BCUT2D eigenvalue weighted by Crippen LogP contribution is 2.29. The highest BCUT2D eigenvalue weighted by molar-refractivity contribution is 5.54. The Kier molecular flexibility index (Phi) is 4.97. The molecular formula is C19H26FN5. The molecule has 2 aromatic rings. The van der Waals surface area contributed by atoms with Crippen molar-refractivity contribution in [3.63, 3.8) is 0 Å². The lowest BCUT2D eigenvalue weighted by Crippen LogP contribution is -2.35. The van der Waals surface area contributed by atoms with Crippen molar-refractivity contribution >= 4 is 5.69 Å². The van der Waals surface area contributed by atoms with Crippen LogP contribution in [0.1, 0.15) is 31.2 Å². The lowest BCUT2D eigenvalue weighted by molar-refractivity contribution is 0.163. The largest absolute Gasteiger partial charge is 0.371 e. The Morgan fingerprint density at radius 1 is 1.08 bits per heavy atom. The zero-order valence-electron chi connectivity index (χ0n) is 14.6. The van der Waals surface area contributed by atoms with Crippen LogP contribution >= 0.6 is 0 Å². The second-order valence-electron chi connectivity index (χ2n) is 7.28. The van der Waals surface area contributed by atoms with Gasteiger partial charge in [0.05, 0.1) is 6.20 Å².